The Balaban J connectivity index is 2.06. The third kappa shape index (κ3) is 2.53. The lowest BCUT2D eigenvalue weighted by molar-refractivity contribution is 0.0828. The van der Waals surface area contributed by atoms with Gasteiger partial charge in [-0.15, -0.1) is 5.10 Å². The number of amides is 1. The zero-order valence-electron chi connectivity index (χ0n) is 10.9. The summed E-state index contributed by atoms with van der Waals surface area (Å²) in [4.78, 5) is 16.2. The fraction of sp³-hybridized carbons (Fsp3) is 0.750. The van der Waals surface area contributed by atoms with Gasteiger partial charge < -0.3 is 10.4 Å². The Morgan fingerprint density at radius 3 is 2.67 bits per heavy atom. The first-order valence-corrected chi connectivity index (χ1v) is 6.42. The summed E-state index contributed by atoms with van der Waals surface area (Å²) in [5.74, 6) is 0.745. The minimum Gasteiger partial charge on any atom is -0.394 e. The highest BCUT2D eigenvalue weighted by Gasteiger charge is 2.35. The van der Waals surface area contributed by atoms with E-state index in [2.05, 4.69) is 20.5 Å². The maximum Gasteiger partial charge on any atom is 0.291 e. The van der Waals surface area contributed by atoms with Crippen molar-refractivity contribution in [2.45, 2.75) is 51.0 Å². The van der Waals surface area contributed by atoms with Gasteiger partial charge in [0.15, 0.2) is 0 Å². The lowest BCUT2D eigenvalue weighted by Gasteiger charge is -2.27. The number of hydrogen-bond donors (Lipinski definition) is 3. The van der Waals surface area contributed by atoms with Crippen molar-refractivity contribution in [1.29, 1.82) is 0 Å². The predicted molar refractivity (Wildman–Crippen MR) is 66.2 cm³/mol. The van der Waals surface area contributed by atoms with Gasteiger partial charge in [-0.2, -0.15) is 0 Å². The lowest BCUT2D eigenvalue weighted by Crippen LogP contribution is -2.49. The molecule has 1 aliphatic carbocycles. The van der Waals surface area contributed by atoms with Crippen LogP contribution in [0.15, 0.2) is 0 Å². The predicted octanol–water partition coefficient (Wildman–Crippen LogP) is 0.963. The SMILES string of the molecule is CC(C)c1nc(C(=O)NC2(CO)CCCC2)n[nH]1. The largest absolute Gasteiger partial charge is 0.394 e. The molecular formula is C12H20N4O2. The fourth-order valence-corrected chi connectivity index (χ4v) is 2.31. The maximum absolute atomic E-state index is 12.0. The molecule has 0 aromatic carbocycles. The highest BCUT2D eigenvalue weighted by atomic mass is 16.3. The minimum absolute atomic E-state index is 0.0276. The molecule has 0 saturated heterocycles. The van der Waals surface area contributed by atoms with Crippen LogP contribution in [0, 0.1) is 0 Å². The molecule has 0 spiro atoms. The van der Waals surface area contributed by atoms with Gasteiger partial charge in [0, 0.05) is 5.92 Å². The normalized spacial score (nSPS) is 18.2. The Kier molecular flexibility index (Phi) is 3.65. The molecule has 100 valence electrons. The Bertz CT molecular complexity index is 421. The van der Waals surface area contributed by atoms with Crippen molar-refractivity contribution in [2.24, 2.45) is 0 Å². The van der Waals surface area contributed by atoms with Crippen molar-refractivity contribution < 1.29 is 9.90 Å². The number of carbonyl (C=O) groups is 1. The van der Waals surface area contributed by atoms with Crippen LogP contribution in [0.1, 0.15) is 61.9 Å². The Labute approximate surface area is 106 Å². The van der Waals surface area contributed by atoms with E-state index in [9.17, 15) is 9.90 Å². The third-order valence-electron chi connectivity index (χ3n) is 3.49. The number of rotatable bonds is 4. The molecule has 1 aromatic rings. The van der Waals surface area contributed by atoms with Gasteiger partial charge in [0.1, 0.15) is 5.82 Å². The lowest BCUT2D eigenvalue weighted by atomic mass is 9.99. The first kappa shape index (κ1) is 13.0. The first-order chi connectivity index (χ1) is 8.56. The van der Waals surface area contributed by atoms with E-state index >= 15 is 0 Å². The number of aliphatic hydroxyl groups excluding tert-OH is 1. The summed E-state index contributed by atoms with van der Waals surface area (Å²) >= 11 is 0. The van der Waals surface area contributed by atoms with Crippen LogP contribution in [-0.4, -0.2) is 38.3 Å². The third-order valence-corrected chi connectivity index (χ3v) is 3.49. The van der Waals surface area contributed by atoms with Gasteiger partial charge in [0.2, 0.25) is 5.82 Å². The topological polar surface area (TPSA) is 90.9 Å². The average Bonchev–Trinajstić information content (AvgIpc) is 2.98. The summed E-state index contributed by atoms with van der Waals surface area (Å²) in [6.45, 7) is 3.93. The van der Waals surface area contributed by atoms with Crippen LogP contribution >= 0.6 is 0 Å². The monoisotopic (exact) mass is 252 g/mol. The molecule has 18 heavy (non-hydrogen) atoms. The molecule has 0 bridgehead atoms. The van der Waals surface area contributed by atoms with Gasteiger partial charge in [-0.3, -0.25) is 9.89 Å². The van der Waals surface area contributed by atoms with Crippen molar-refractivity contribution in [1.82, 2.24) is 20.5 Å². The molecule has 6 nitrogen and oxygen atoms in total. The van der Waals surface area contributed by atoms with Crippen molar-refractivity contribution in [3.8, 4) is 0 Å². The molecule has 1 aromatic heterocycles. The van der Waals surface area contributed by atoms with E-state index < -0.39 is 5.54 Å². The second-order valence-corrected chi connectivity index (χ2v) is 5.30. The Morgan fingerprint density at radius 2 is 2.17 bits per heavy atom. The summed E-state index contributed by atoms with van der Waals surface area (Å²) in [7, 11) is 0. The highest BCUT2D eigenvalue weighted by molar-refractivity contribution is 5.90. The summed E-state index contributed by atoms with van der Waals surface area (Å²) in [5.41, 5.74) is -0.476. The summed E-state index contributed by atoms with van der Waals surface area (Å²) in [6.07, 6.45) is 3.70. The average molecular weight is 252 g/mol. The molecule has 1 fully saturated rings. The first-order valence-electron chi connectivity index (χ1n) is 6.42. The zero-order chi connectivity index (χ0) is 13.2. The van der Waals surface area contributed by atoms with Crippen LogP contribution in [0.4, 0.5) is 0 Å². The van der Waals surface area contributed by atoms with Crippen molar-refractivity contribution in [3.05, 3.63) is 11.6 Å². The summed E-state index contributed by atoms with van der Waals surface area (Å²) < 4.78 is 0. The number of aliphatic hydroxyl groups is 1. The molecule has 3 N–H and O–H groups in total. The number of aromatic amines is 1. The molecule has 0 unspecified atom stereocenters. The molecule has 1 aliphatic rings. The number of H-pyrrole nitrogens is 1. The van der Waals surface area contributed by atoms with E-state index in [1.165, 1.54) is 0 Å². The van der Waals surface area contributed by atoms with Gasteiger partial charge in [0.05, 0.1) is 12.1 Å². The standard InChI is InChI=1S/C12H20N4O2/c1-8(2)9-13-10(16-15-9)11(18)14-12(7-17)5-3-4-6-12/h8,17H,3-7H2,1-2H3,(H,14,18)(H,13,15,16). The van der Waals surface area contributed by atoms with E-state index in [4.69, 9.17) is 0 Å². The highest BCUT2D eigenvalue weighted by Crippen LogP contribution is 2.29. The molecule has 6 heteroatoms. The second-order valence-electron chi connectivity index (χ2n) is 5.30. The van der Waals surface area contributed by atoms with E-state index in [1.807, 2.05) is 13.8 Å². The zero-order valence-corrected chi connectivity index (χ0v) is 10.9. The number of aromatic nitrogens is 3. The van der Waals surface area contributed by atoms with Gasteiger partial charge >= 0.3 is 0 Å². The molecule has 2 rings (SSSR count). The number of nitrogens with one attached hydrogen (secondary N) is 2. The number of carbonyl (C=O) groups excluding carboxylic acids is 1. The van der Waals surface area contributed by atoms with Crippen LogP contribution in [-0.2, 0) is 0 Å². The molecule has 0 atom stereocenters. The van der Waals surface area contributed by atoms with Gasteiger partial charge in [-0.05, 0) is 12.8 Å². The smallest absolute Gasteiger partial charge is 0.291 e. The van der Waals surface area contributed by atoms with E-state index in [0.717, 1.165) is 25.7 Å². The van der Waals surface area contributed by atoms with E-state index in [-0.39, 0.29) is 24.3 Å². The van der Waals surface area contributed by atoms with E-state index in [1.54, 1.807) is 0 Å². The van der Waals surface area contributed by atoms with Crippen LogP contribution in [0.5, 0.6) is 0 Å². The van der Waals surface area contributed by atoms with Gasteiger partial charge in [-0.25, -0.2) is 4.98 Å². The van der Waals surface area contributed by atoms with Crippen molar-refractivity contribution >= 4 is 5.91 Å². The maximum atomic E-state index is 12.0. The van der Waals surface area contributed by atoms with Crippen molar-refractivity contribution in [2.75, 3.05) is 6.61 Å². The van der Waals surface area contributed by atoms with Crippen LogP contribution in [0.2, 0.25) is 0 Å². The van der Waals surface area contributed by atoms with Crippen molar-refractivity contribution in [3.63, 3.8) is 0 Å². The Morgan fingerprint density at radius 1 is 1.50 bits per heavy atom. The molecule has 0 radical (unpaired) electrons. The van der Waals surface area contributed by atoms with Crippen LogP contribution < -0.4 is 5.32 Å². The van der Waals surface area contributed by atoms with Gasteiger partial charge in [0.25, 0.3) is 5.91 Å². The Hall–Kier alpha value is -1.43. The van der Waals surface area contributed by atoms with E-state index in [0.29, 0.717) is 5.82 Å². The fourth-order valence-electron chi connectivity index (χ4n) is 2.31. The van der Waals surface area contributed by atoms with Gasteiger partial charge in [-0.1, -0.05) is 26.7 Å². The van der Waals surface area contributed by atoms with Crippen LogP contribution in [0.3, 0.4) is 0 Å². The molecule has 1 amide bonds. The second kappa shape index (κ2) is 5.06. The molecule has 0 aliphatic heterocycles. The minimum atomic E-state index is -0.476. The molecular weight excluding hydrogens is 232 g/mol. The quantitative estimate of drug-likeness (QED) is 0.744. The number of nitrogens with zero attached hydrogens (tertiary/aromatic N) is 2. The number of hydrogen-bond acceptors (Lipinski definition) is 4. The van der Waals surface area contributed by atoms with Crippen LogP contribution in [0.25, 0.3) is 0 Å². The summed E-state index contributed by atoms with van der Waals surface area (Å²) in [5, 5.41) is 19.0. The molecule has 1 heterocycles. The molecule has 1 saturated carbocycles. The summed E-state index contributed by atoms with van der Waals surface area (Å²) in [6, 6.07) is 0.